The van der Waals surface area contributed by atoms with E-state index in [0.29, 0.717) is 0 Å². The third-order valence-corrected chi connectivity index (χ3v) is 2.38. The molecule has 0 spiro atoms. The van der Waals surface area contributed by atoms with Crippen molar-refractivity contribution in [3.05, 3.63) is 52.1 Å². The molecule has 1 aromatic rings. The largest absolute Gasteiger partial charge is 0.323 e. The van der Waals surface area contributed by atoms with Crippen LogP contribution < -0.4 is 5.32 Å². The average Bonchev–Trinajstić information content (AvgIpc) is 2.22. The fraction of sp³-hybridized carbons (Fsp3) is 0.0833. The van der Waals surface area contributed by atoms with Gasteiger partial charge in [0.05, 0.1) is 0 Å². The zero-order chi connectivity index (χ0) is 11.1. The number of halogens is 1. The van der Waals surface area contributed by atoms with Gasteiger partial charge in [0.15, 0.2) is 0 Å². The summed E-state index contributed by atoms with van der Waals surface area (Å²) in [6, 6.07) is 7.66. The van der Waals surface area contributed by atoms with Crippen LogP contribution in [0.2, 0.25) is 0 Å². The first-order valence-electron chi connectivity index (χ1n) is 4.58. The molecule has 0 bridgehead atoms. The second kappa shape index (κ2) is 6.40. The summed E-state index contributed by atoms with van der Waals surface area (Å²) in [6.45, 7) is 1.90. The number of allylic oxidation sites excluding steroid dienone is 3. The van der Waals surface area contributed by atoms with E-state index in [1.54, 1.807) is 6.08 Å². The minimum Gasteiger partial charge on any atom is -0.323 e. The van der Waals surface area contributed by atoms with Crippen LogP contribution in [0.25, 0.3) is 0 Å². The van der Waals surface area contributed by atoms with E-state index >= 15 is 0 Å². The van der Waals surface area contributed by atoms with Crippen LogP contribution in [0.4, 0.5) is 5.69 Å². The molecule has 1 N–H and O–H groups in total. The summed E-state index contributed by atoms with van der Waals surface area (Å²) in [5.74, 6) is -0.116. The molecule has 3 heteroatoms. The lowest BCUT2D eigenvalue weighted by Gasteiger charge is -2.00. The molecule has 0 radical (unpaired) electrons. The summed E-state index contributed by atoms with van der Waals surface area (Å²) < 4.78 is 1.15. The SMILES string of the molecule is C/C=C\C=C\C(=O)Nc1ccc(I)cc1. The Labute approximate surface area is 103 Å². The third-order valence-electron chi connectivity index (χ3n) is 1.66. The zero-order valence-electron chi connectivity index (χ0n) is 8.41. The minimum absolute atomic E-state index is 0.116. The number of carbonyl (C=O) groups excluding carboxylic acids is 1. The molecule has 15 heavy (non-hydrogen) atoms. The number of nitrogens with one attached hydrogen (secondary N) is 1. The highest BCUT2D eigenvalue weighted by Crippen LogP contribution is 2.10. The number of carbonyl (C=O) groups is 1. The predicted molar refractivity (Wildman–Crippen MR) is 71.7 cm³/mol. The van der Waals surface area contributed by atoms with Crippen molar-refractivity contribution in [1.82, 2.24) is 0 Å². The number of hydrogen-bond donors (Lipinski definition) is 1. The van der Waals surface area contributed by atoms with E-state index in [9.17, 15) is 4.79 Å². The molecule has 78 valence electrons. The molecule has 2 nitrogen and oxygen atoms in total. The highest BCUT2D eigenvalue weighted by Gasteiger charge is 1.95. The summed E-state index contributed by atoms with van der Waals surface area (Å²) in [5.41, 5.74) is 0.811. The molecule has 1 rings (SSSR count). The fourth-order valence-electron chi connectivity index (χ4n) is 0.971. The maximum Gasteiger partial charge on any atom is 0.248 e. The van der Waals surface area contributed by atoms with Crippen molar-refractivity contribution in [2.45, 2.75) is 6.92 Å². The normalized spacial score (nSPS) is 11.1. The van der Waals surface area contributed by atoms with Crippen LogP contribution in [0.1, 0.15) is 6.92 Å². The van der Waals surface area contributed by atoms with Gasteiger partial charge in [-0.05, 0) is 53.8 Å². The van der Waals surface area contributed by atoms with E-state index in [2.05, 4.69) is 27.9 Å². The molecule has 1 aromatic carbocycles. The molecular weight excluding hydrogens is 301 g/mol. The predicted octanol–water partition coefficient (Wildman–Crippen LogP) is 3.36. The van der Waals surface area contributed by atoms with Gasteiger partial charge in [0.1, 0.15) is 0 Å². The van der Waals surface area contributed by atoms with Crippen LogP contribution in [0.3, 0.4) is 0 Å². The van der Waals surface area contributed by atoms with Gasteiger partial charge in [-0.25, -0.2) is 0 Å². The van der Waals surface area contributed by atoms with Crippen LogP contribution in [0.5, 0.6) is 0 Å². The highest BCUT2D eigenvalue weighted by atomic mass is 127. The van der Waals surface area contributed by atoms with Gasteiger partial charge < -0.3 is 5.32 Å². The smallest absolute Gasteiger partial charge is 0.248 e. The van der Waals surface area contributed by atoms with Gasteiger partial charge in [-0.15, -0.1) is 0 Å². The second-order valence-corrected chi connectivity index (χ2v) is 4.13. The molecule has 0 aliphatic carbocycles. The lowest BCUT2D eigenvalue weighted by Crippen LogP contribution is -2.07. The Kier molecular flexibility index (Phi) is 5.10. The molecule has 0 aliphatic heterocycles. The summed E-state index contributed by atoms with van der Waals surface area (Å²) in [4.78, 5) is 11.3. The fourth-order valence-corrected chi connectivity index (χ4v) is 1.33. The van der Waals surface area contributed by atoms with Crippen LogP contribution in [-0.2, 0) is 4.79 Å². The van der Waals surface area contributed by atoms with Gasteiger partial charge in [0.2, 0.25) is 5.91 Å². The van der Waals surface area contributed by atoms with Gasteiger partial charge in [0, 0.05) is 15.3 Å². The quantitative estimate of drug-likeness (QED) is 0.517. The Morgan fingerprint density at radius 3 is 2.53 bits per heavy atom. The Morgan fingerprint density at radius 2 is 1.93 bits per heavy atom. The Morgan fingerprint density at radius 1 is 1.27 bits per heavy atom. The first-order valence-corrected chi connectivity index (χ1v) is 5.66. The van der Waals surface area contributed by atoms with Gasteiger partial charge in [0.25, 0.3) is 0 Å². The summed E-state index contributed by atoms with van der Waals surface area (Å²) >= 11 is 2.22. The lowest BCUT2D eigenvalue weighted by molar-refractivity contribution is -0.111. The molecule has 0 saturated carbocycles. The molecule has 0 heterocycles. The Bertz CT molecular complexity index is 379. The summed E-state index contributed by atoms with van der Waals surface area (Å²) in [5, 5.41) is 2.77. The summed E-state index contributed by atoms with van der Waals surface area (Å²) in [6.07, 6.45) is 6.89. The number of rotatable bonds is 3. The number of anilines is 1. The molecule has 0 saturated heterocycles. The van der Waals surface area contributed by atoms with Crippen LogP contribution in [-0.4, -0.2) is 5.91 Å². The maximum absolute atomic E-state index is 11.3. The van der Waals surface area contributed by atoms with Gasteiger partial charge in [-0.1, -0.05) is 18.2 Å². The standard InChI is InChI=1S/C12H12INO/c1-2-3-4-5-12(15)14-11-8-6-10(13)7-9-11/h2-9H,1H3,(H,14,15)/b3-2-,5-4+. The molecule has 0 aliphatic rings. The zero-order valence-corrected chi connectivity index (χ0v) is 10.6. The van der Waals surface area contributed by atoms with E-state index in [4.69, 9.17) is 0 Å². The topological polar surface area (TPSA) is 29.1 Å². The van der Waals surface area contributed by atoms with Crippen molar-refractivity contribution in [3.63, 3.8) is 0 Å². The molecule has 0 fully saturated rings. The van der Waals surface area contributed by atoms with Crippen molar-refractivity contribution in [2.24, 2.45) is 0 Å². The second-order valence-electron chi connectivity index (χ2n) is 2.88. The van der Waals surface area contributed by atoms with Gasteiger partial charge in [-0.2, -0.15) is 0 Å². The van der Waals surface area contributed by atoms with E-state index in [-0.39, 0.29) is 5.91 Å². The van der Waals surface area contributed by atoms with E-state index in [1.807, 2.05) is 43.3 Å². The number of hydrogen-bond acceptors (Lipinski definition) is 1. The third kappa shape index (κ3) is 4.78. The highest BCUT2D eigenvalue weighted by molar-refractivity contribution is 14.1. The van der Waals surface area contributed by atoms with Crippen molar-refractivity contribution in [2.75, 3.05) is 5.32 Å². The number of benzene rings is 1. The minimum atomic E-state index is -0.116. The number of amides is 1. The van der Waals surface area contributed by atoms with Crippen molar-refractivity contribution in [1.29, 1.82) is 0 Å². The van der Waals surface area contributed by atoms with E-state index < -0.39 is 0 Å². The van der Waals surface area contributed by atoms with Crippen LogP contribution >= 0.6 is 22.6 Å². The molecule has 1 amide bonds. The van der Waals surface area contributed by atoms with Crippen molar-refractivity contribution < 1.29 is 4.79 Å². The first-order chi connectivity index (χ1) is 7.22. The van der Waals surface area contributed by atoms with Gasteiger partial charge >= 0.3 is 0 Å². The average molecular weight is 313 g/mol. The van der Waals surface area contributed by atoms with Crippen molar-refractivity contribution in [3.8, 4) is 0 Å². The van der Waals surface area contributed by atoms with Crippen LogP contribution in [0, 0.1) is 3.57 Å². The Balaban J connectivity index is 2.55. The molecule has 0 atom stereocenters. The summed E-state index contributed by atoms with van der Waals surface area (Å²) in [7, 11) is 0. The lowest BCUT2D eigenvalue weighted by atomic mass is 10.3. The maximum atomic E-state index is 11.3. The monoisotopic (exact) mass is 313 g/mol. The van der Waals surface area contributed by atoms with E-state index in [1.165, 1.54) is 6.08 Å². The van der Waals surface area contributed by atoms with Crippen LogP contribution in [0.15, 0.2) is 48.6 Å². The van der Waals surface area contributed by atoms with Gasteiger partial charge in [-0.3, -0.25) is 4.79 Å². The molecule has 0 unspecified atom stereocenters. The Hall–Kier alpha value is -1.10. The van der Waals surface area contributed by atoms with E-state index in [0.717, 1.165) is 9.26 Å². The van der Waals surface area contributed by atoms with Crippen molar-refractivity contribution >= 4 is 34.2 Å². The molecular formula is C12H12INO. The first kappa shape index (κ1) is 12.0. The molecule has 0 aromatic heterocycles.